The van der Waals surface area contributed by atoms with Crippen LogP contribution in [0.15, 0.2) is 35.4 Å². The van der Waals surface area contributed by atoms with Crippen molar-refractivity contribution in [3.8, 4) is 0 Å². The van der Waals surface area contributed by atoms with Gasteiger partial charge in [0.2, 0.25) is 0 Å². The van der Waals surface area contributed by atoms with Crippen LogP contribution in [0.3, 0.4) is 0 Å². The van der Waals surface area contributed by atoms with E-state index in [9.17, 15) is 8.42 Å². The highest BCUT2D eigenvalue weighted by Crippen LogP contribution is 2.18. The van der Waals surface area contributed by atoms with Gasteiger partial charge in [-0.05, 0) is 24.1 Å². The molecule has 0 aliphatic carbocycles. The number of benzene rings is 1. The normalized spacial score (nSPS) is 11.4. The summed E-state index contributed by atoms with van der Waals surface area (Å²) in [6.07, 6.45) is 2.08. The van der Waals surface area contributed by atoms with Crippen LogP contribution in [0.4, 0.5) is 5.00 Å². The Bertz CT molecular complexity index is 597. The fourth-order valence-electron chi connectivity index (χ4n) is 1.35. The average molecular weight is 304 g/mol. The summed E-state index contributed by atoms with van der Waals surface area (Å²) < 4.78 is 30.0. The molecule has 18 heavy (non-hydrogen) atoms. The molecular weight excluding hydrogens is 294 g/mol. The largest absolute Gasteiger partial charge is 0.268 e. The number of rotatable bonds is 5. The molecule has 0 saturated carbocycles. The van der Waals surface area contributed by atoms with Crippen LogP contribution in [-0.4, -0.2) is 23.9 Å². The third-order valence-corrected chi connectivity index (χ3v) is 4.49. The van der Waals surface area contributed by atoms with Crippen molar-refractivity contribution in [2.75, 3.05) is 10.6 Å². The van der Waals surface area contributed by atoms with E-state index in [2.05, 4.69) is 14.3 Å². The molecule has 2 rings (SSSR count). The highest BCUT2D eigenvalue weighted by Gasteiger charge is 2.14. The lowest BCUT2D eigenvalue weighted by atomic mass is 10.2. The zero-order chi connectivity index (χ0) is 13.0. The van der Waals surface area contributed by atoms with Gasteiger partial charge >= 0.3 is 0 Å². The second-order valence-electron chi connectivity index (χ2n) is 3.47. The van der Waals surface area contributed by atoms with Crippen molar-refractivity contribution in [2.24, 2.45) is 0 Å². The minimum Gasteiger partial charge on any atom is -0.268 e. The zero-order valence-electron chi connectivity index (χ0n) is 9.21. The van der Waals surface area contributed by atoms with E-state index in [1.54, 1.807) is 24.3 Å². The van der Waals surface area contributed by atoms with Crippen molar-refractivity contribution in [3.63, 3.8) is 0 Å². The van der Waals surface area contributed by atoms with Crippen LogP contribution >= 0.6 is 23.1 Å². The Morgan fingerprint density at radius 3 is 2.56 bits per heavy atom. The molecule has 0 amide bonds. The summed E-state index contributed by atoms with van der Waals surface area (Å²) in [4.78, 5) is 0.203. The second-order valence-corrected chi connectivity index (χ2v) is 6.32. The van der Waals surface area contributed by atoms with Gasteiger partial charge in [-0.25, -0.2) is 8.42 Å². The third-order valence-electron chi connectivity index (χ3n) is 2.21. The predicted molar refractivity (Wildman–Crippen MR) is 71.6 cm³/mol. The van der Waals surface area contributed by atoms with Gasteiger partial charge in [0.1, 0.15) is 5.00 Å². The molecule has 0 aliphatic heterocycles. The Labute approximate surface area is 114 Å². The van der Waals surface area contributed by atoms with Crippen molar-refractivity contribution in [1.82, 2.24) is 9.59 Å². The molecule has 1 heterocycles. The van der Waals surface area contributed by atoms with Crippen molar-refractivity contribution in [2.45, 2.75) is 11.3 Å². The molecule has 0 bridgehead atoms. The van der Waals surface area contributed by atoms with E-state index in [0.29, 0.717) is 17.3 Å². The van der Waals surface area contributed by atoms with Gasteiger partial charge in [-0.2, -0.15) is 0 Å². The molecule has 0 fully saturated rings. The van der Waals surface area contributed by atoms with Crippen molar-refractivity contribution >= 4 is 38.2 Å². The Balaban J connectivity index is 2.19. The zero-order valence-corrected chi connectivity index (χ0v) is 11.6. The van der Waals surface area contributed by atoms with Gasteiger partial charge in [0.15, 0.2) is 0 Å². The van der Waals surface area contributed by atoms with Crippen molar-refractivity contribution in [3.05, 3.63) is 36.0 Å². The van der Waals surface area contributed by atoms with Crippen LogP contribution in [0.25, 0.3) is 0 Å². The topological polar surface area (TPSA) is 72.0 Å². The van der Waals surface area contributed by atoms with E-state index in [1.807, 2.05) is 0 Å². The van der Waals surface area contributed by atoms with E-state index in [0.717, 1.165) is 17.1 Å². The lowest BCUT2D eigenvalue weighted by molar-refractivity contribution is 0.601. The number of aryl methyl sites for hydroxylation is 1. The molecule has 0 atom stereocenters. The summed E-state index contributed by atoms with van der Waals surface area (Å²) in [6, 6.07) is 6.61. The molecule has 0 unspecified atom stereocenters. The summed E-state index contributed by atoms with van der Waals surface area (Å²) in [5.41, 5.74) is 1.00. The van der Waals surface area contributed by atoms with Crippen LogP contribution in [0, 0.1) is 0 Å². The lowest BCUT2D eigenvalue weighted by Crippen LogP contribution is -2.12. The van der Waals surface area contributed by atoms with Crippen LogP contribution in [0.2, 0.25) is 0 Å². The van der Waals surface area contributed by atoms with E-state index < -0.39 is 10.0 Å². The SMILES string of the molecule is O=S(=O)(Nc1cnns1)c1ccc(CCCl)cc1. The minimum absolute atomic E-state index is 0.203. The highest BCUT2D eigenvalue weighted by atomic mass is 35.5. The molecule has 0 spiro atoms. The molecule has 8 heteroatoms. The number of anilines is 1. The maximum absolute atomic E-state index is 12.0. The molecule has 96 valence electrons. The van der Waals surface area contributed by atoms with Gasteiger partial charge in [0.05, 0.1) is 11.1 Å². The molecule has 1 aromatic carbocycles. The fraction of sp³-hybridized carbons (Fsp3) is 0.200. The number of halogens is 1. The monoisotopic (exact) mass is 303 g/mol. The average Bonchev–Trinajstić information content (AvgIpc) is 2.82. The van der Waals surface area contributed by atoms with Gasteiger partial charge in [0.25, 0.3) is 10.0 Å². The first kappa shape index (κ1) is 13.3. The maximum Gasteiger partial charge on any atom is 0.262 e. The van der Waals surface area contributed by atoms with Crippen molar-refractivity contribution in [1.29, 1.82) is 0 Å². The van der Waals surface area contributed by atoms with E-state index >= 15 is 0 Å². The Morgan fingerprint density at radius 1 is 1.28 bits per heavy atom. The van der Waals surface area contributed by atoms with E-state index in [1.165, 1.54) is 6.20 Å². The van der Waals surface area contributed by atoms with Crippen LogP contribution < -0.4 is 4.72 Å². The van der Waals surface area contributed by atoms with Gasteiger partial charge in [-0.3, -0.25) is 4.72 Å². The minimum atomic E-state index is -3.57. The number of hydrogen-bond donors (Lipinski definition) is 1. The van der Waals surface area contributed by atoms with Crippen LogP contribution in [0.5, 0.6) is 0 Å². The molecule has 1 N–H and O–H groups in total. The number of alkyl halides is 1. The maximum atomic E-state index is 12.0. The van der Waals surface area contributed by atoms with E-state index in [4.69, 9.17) is 11.6 Å². The highest BCUT2D eigenvalue weighted by molar-refractivity contribution is 7.93. The molecular formula is C10H10ClN3O2S2. The van der Waals surface area contributed by atoms with Gasteiger partial charge in [-0.1, -0.05) is 16.6 Å². The van der Waals surface area contributed by atoms with Crippen molar-refractivity contribution < 1.29 is 8.42 Å². The summed E-state index contributed by atoms with van der Waals surface area (Å²) in [6.45, 7) is 0. The number of nitrogens with zero attached hydrogens (tertiary/aromatic N) is 2. The van der Waals surface area contributed by atoms with Crippen LogP contribution in [0.1, 0.15) is 5.56 Å². The summed E-state index contributed by atoms with van der Waals surface area (Å²) in [5.74, 6) is 0.511. The molecule has 0 aliphatic rings. The summed E-state index contributed by atoms with van der Waals surface area (Å²) >= 11 is 6.60. The molecule has 0 radical (unpaired) electrons. The molecule has 0 saturated heterocycles. The number of sulfonamides is 1. The number of nitrogens with one attached hydrogen (secondary N) is 1. The molecule has 1 aromatic heterocycles. The van der Waals surface area contributed by atoms with Gasteiger partial charge in [0, 0.05) is 17.4 Å². The van der Waals surface area contributed by atoms with E-state index in [-0.39, 0.29) is 4.90 Å². The third kappa shape index (κ3) is 3.18. The first-order valence-corrected chi connectivity index (χ1v) is 7.86. The second kappa shape index (κ2) is 5.64. The predicted octanol–water partition coefficient (Wildman–Crippen LogP) is 2.12. The standard InChI is InChI=1S/C10H10ClN3O2S2/c11-6-5-8-1-3-9(4-2-8)18(15,16)13-10-7-12-14-17-10/h1-4,7,13H,5-6H2. The Morgan fingerprint density at radius 2 is 2.00 bits per heavy atom. The molecule has 2 aromatic rings. The quantitative estimate of drug-likeness (QED) is 0.859. The Hall–Kier alpha value is -1.18. The summed E-state index contributed by atoms with van der Waals surface area (Å²) in [5, 5.41) is 3.95. The lowest BCUT2D eigenvalue weighted by Gasteiger charge is -2.05. The first-order chi connectivity index (χ1) is 8.62. The number of hydrogen-bond acceptors (Lipinski definition) is 5. The first-order valence-electron chi connectivity index (χ1n) is 5.07. The summed E-state index contributed by atoms with van der Waals surface area (Å²) in [7, 11) is -3.57. The Kier molecular flexibility index (Phi) is 4.15. The number of aromatic nitrogens is 2. The van der Waals surface area contributed by atoms with Gasteiger partial charge < -0.3 is 0 Å². The fourth-order valence-corrected chi connectivity index (χ4v) is 3.25. The van der Waals surface area contributed by atoms with Crippen LogP contribution in [-0.2, 0) is 16.4 Å². The molecule has 5 nitrogen and oxygen atoms in total. The smallest absolute Gasteiger partial charge is 0.262 e. The van der Waals surface area contributed by atoms with Gasteiger partial charge in [-0.15, -0.1) is 16.7 Å².